The molecule has 14 heteroatoms. The quantitative estimate of drug-likeness (QED) is 0.347. The van der Waals surface area contributed by atoms with Crippen molar-refractivity contribution in [3.63, 3.8) is 0 Å². The van der Waals surface area contributed by atoms with E-state index in [4.69, 9.17) is 25.2 Å². The van der Waals surface area contributed by atoms with E-state index >= 15 is 0 Å². The Morgan fingerprint density at radius 2 is 1.85 bits per heavy atom. The van der Waals surface area contributed by atoms with Crippen LogP contribution in [-0.4, -0.2) is 83.9 Å². The Balaban J connectivity index is 0.000000303. The summed E-state index contributed by atoms with van der Waals surface area (Å²) in [5, 5.41) is 36.9. The Morgan fingerprint density at radius 3 is 2.46 bits per heavy atom. The SMILES string of the molecule is Cc1nn(-c2ncccc2F)cc1CN1CCC2(CC1)OCCc1cc(F)sc12.O=C(O)[C@H](O)[C@@H](O)C(=O)O. The number of hydrogen-bond donors (Lipinski definition) is 4. The molecule has 11 nitrogen and oxygen atoms in total. The van der Waals surface area contributed by atoms with Crippen molar-refractivity contribution in [1.29, 1.82) is 0 Å². The lowest BCUT2D eigenvalue weighted by molar-refractivity contribution is -0.165. The van der Waals surface area contributed by atoms with Gasteiger partial charge in [-0.05, 0) is 49.9 Å². The van der Waals surface area contributed by atoms with Crippen LogP contribution in [0.1, 0.15) is 34.5 Å². The molecule has 2 aliphatic rings. The molecule has 5 rings (SSSR count). The van der Waals surface area contributed by atoms with E-state index in [0.29, 0.717) is 6.61 Å². The maximum atomic E-state index is 14.0. The summed E-state index contributed by atoms with van der Waals surface area (Å²) in [6.45, 7) is 5.05. The van der Waals surface area contributed by atoms with Gasteiger partial charge in [-0.1, -0.05) is 0 Å². The number of carboxylic acid groups (broad SMARTS) is 2. The number of rotatable bonds is 6. The standard InChI is InChI=1S/C21H22F2N4OS.C4H6O6/c1-14-16(13-27(25-14)20-17(22)3-2-7-24-20)12-26-8-5-21(6-9-26)19-15(4-10-28-21)11-18(23)29-19;5-1(3(7)8)2(6)4(9)10/h2-3,7,11,13H,4-6,8-10,12H2,1H3;1-2,5-6H,(H,7,8)(H,9,10)/t;1-,2-/m.1/s1. The number of piperidine rings is 1. The number of hydrogen-bond acceptors (Lipinski definition) is 9. The van der Waals surface area contributed by atoms with E-state index in [-0.39, 0.29) is 16.5 Å². The number of aliphatic hydroxyl groups excluding tert-OH is 2. The van der Waals surface area contributed by atoms with E-state index in [1.54, 1.807) is 18.3 Å². The molecule has 39 heavy (non-hydrogen) atoms. The van der Waals surface area contributed by atoms with Gasteiger partial charge in [0.15, 0.2) is 29.0 Å². The summed E-state index contributed by atoms with van der Waals surface area (Å²) in [4.78, 5) is 27.1. The van der Waals surface area contributed by atoms with Crippen LogP contribution >= 0.6 is 11.3 Å². The molecule has 3 aromatic heterocycles. The van der Waals surface area contributed by atoms with Gasteiger partial charge in [-0.3, -0.25) is 4.90 Å². The lowest BCUT2D eigenvalue weighted by Gasteiger charge is -2.43. The molecule has 1 saturated heterocycles. The third kappa shape index (κ3) is 6.31. The highest BCUT2D eigenvalue weighted by Crippen LogP contribution is 2.45. The summed E-state index contributed by atoms with van der Waals surface area (Å²) in [6.07, 6.45) is 1.38. The van der Waals surface area contributed by atoms with Crippen molar-refractivity contribution in [2.75, 3.05) is 19.7 Å². The van der Waals surface area contributed by atoms with E-state index in [1.165, 1.54) is 22.1 Å². The fourth-order valence-electron chi connectivity index (χ4n) is 4.65. The van der Waals surface area contributed by atoms with Gasteiger partial charge in [-0.15, -0.1) is 11.3 Å². The summed E-state index contributed by atoms with van der Waals surface area (Å²) in [5.41, 5.74) is 2.70. The van der Waals surface area contributed by atoms with E-state index in [1.807, 2.05) is 13.1 Å². The minimum atomic E-state index is -2.27. The fraction of sp³-hybridized carbons (Fsp3) is 0.440. The number of nitrogens with zero attached hydrogens (tertiary/aromatic N) is 4. The minimum Gasteiger partial charge on any atom is -0.479 e. The molecule has 0 amide bonds. The van der Waals surface area contributed by atoms with Crippen LogP contribution in [0.15, 0.2) is 30.6 Å². The smallest absolute Gasteiger partial charge is 0.335 e. The fourth-order valence-corrected chi connectivity index (χ4v) is 5.79. The number of halogens is 2. The topological polar surface area (TPSA) is 158 Å². The van der Waals surface area contributed by atoms with Gasteiger partial charge in [-0.25, -0.2) is 23.6 Å². The van der Waals surface area contributed by atoms with E-state index in [9.17, 15) is 18.4 Å². The first-order valence-electron chi connectivity index (χ1n) is 12.1. The van der Waals surface area contributed by atoms with Crippen molar-refractivity contribution in [2.24, 2.45) is 0 Å². The number of fused-ring (bicyclic) bond motifs is 2. The first-order valence-corrected chi connectivity index (χ1v) is 12.9. The molecule has 4 N–H and O–H groups in total. The van der Waals surface area contributed by atoms with Crippen molar-refractivity contribution < 1.29 is 43.5 Å². The van der Waals surface area contributed by atoms with Crippen LogP contribution in [0.3, 0.4) is 0 Å². The van der Waals surface area contributed by atoms with Crippen LogP contribution in [0.5, 0.6) is 0 Å². The third-order valence-electron chi connectivity index (χ3n) is 6.76. The molecule has 0 radical (unpaired) electrons. The molecule has 2 atom stereocenters. The number of thiophene rings is 1. The zero-order valence-corrected chi connectivity index (χ0v) is 21.8. The molecule has 1 spiro atoms. The first-order chi connectivity index (χ1) is 18.5. The minimum absolute atomic E-state index is 0.118. The molecule has 0 aromatic carbocycles. The summed E-state index contributed by atoms with van der Waals surface area (Å²) < 4.78 is 35.5. The van der Waals surface area contributed by atoms with Gasteiger partial charge < -0.3 is 25.2 Å². The first kappa shape index (κ1) is 28.7. The molecule has 0 bridgehead atoms. The largest absolute Gasteiger partial charge is 0.479 e. The number of carbonyl (C=O) groups is 2. The Bertz CT molecular complexity index is 1320. The van der Waals surface area contributed by atoms with Crippen LogP contribution in [0, 0.1) is 17.9 Å². The lowest BCUT2D eigenvalue weighted by Crippen LogP contribution is -2.45. The molecule has 0 aliphatic carbocycles. The summed E-state index contributed by atoms with van der Waals surface area (Å²) in [6, 6.07) is 4.62. The van der Waals surface area contributed by atoms with Crippen molar-refractivity contribution in [2.45, 2.75) is 50.5 Å². The maximum absolute atomic E-state index is 14.0. The number of pyridine rings is 1. The van der Waals surface area contributed by atoms with Gasteiger partial charge in [0.2, 0.25) is 0 Å². The van der Waals surface area contributed by atoms with Crippen molar-refractivity contribution >= 4 is 23.3 Å². The summed E-state index contributed by atoms with van der Waals surface area (Å²) in [7, 11) is 0. The van der Waals surface area contributed by atoms with Crippen LogP contribution in [0.4, 0.5) is 8.78 Å². The lowest BCUT2D eigenvalue weighted by atomic mass is 9.85. The van der Waals surface area contributed by atoms with Crippen molar-refractivity contribution in [1.82, 2.24) is 19.7 Å². The zero-order chi connectivity index (χ0) is 28.3. The molecule has 210 valence electrons. The summed E-state index contributed by atoms with van der Waals surface area (Å²) in [5.74, 6) is -3.72. The highest BCUT2D eigenvalue weighted by molar-refractivity contribution is 7.10. The maximum Gasteiger partial charge on any atom is 0.335 e. The third-order valence-corrected chi connectivity index (χ3v) is 7.91. The molecule has 0 unspecified atom stereocenters. The molecule has 3 aromatic rings. The highest BCUT2D eigenvalue weighted by Gasteiger charge is 2.42. The van der Waals surface area contributed by atoms with Crippen LogP contribution < -0.4 is 0 Å². The van der Waals surface area contributed by atoms with Gasteiger partial charge in [0.05, 0.1) is 12.3 Å². The van der Waals surface area contributed by atoms with Crippen LogP contribution in [-0.2, 0) is 32.9 Å². The molecular formula is C25H28F2N4O7S. The zero-order valence-electron chi connectivity index (χ0n) is 21.0. The Morgan fingerprint density at radius 1 is 1.18 bits per heavy atom. The number of aliphatic carboxylic acids is 2. The molecule has 0 saturated carbocycles. The normalized spacial score (nSPS) is 18.1. The van der Waals surface area contributed by atoms with E-state index in [2.05, 4.69) is 15.0 Å². The second-order valence-corrected chi connectivity index (χ2v) is 10.3. The number of carboxylic acids is 2. The van der Waals surface area contributed by atoms with Gasteiger partial charge in [0.25, 0.3) is 0 Å². The van der Waals surface area contributed by atoms with Gasteiger partial charge in [0, 0.05) is 42.5 Å². The van der Waals surface area contributed by atoms with Gasteiger partial charge in [0.1, 0.15) is 5.60 Å². The Hall–Kier alpha value is -3.30. The predicted octanol–water partition coefficient (Wildman–Crippen LogP) is 1.86. The predicted molar refractivity (Wildman–Crippen MR) is 133 cm³/mol. The van der Waals surface area contributed by atoms with Crippen LogP contribution in [0.25, 0.3) is 5.82 Å². The molecular weight excluding hydrogens is 538 g/mol. The van der Waals surface area contributed by atoms with Crippen LogP contribution in [0.2, 0.25) is 0 Å². The number of likely N-dealkylation sites (tertiary alicyclic amines) is 1. The second-order valence-electron chi connectivity index (χ2n) is 9.33. The average molecular weight is 567 g/mol. The molecule has 1 fully saturated rings. The number of aliphatic hydroxyl groups is 2. The monoisotopic (exact) mass is 566 g/mol. The second kappa shape index (κ2) is 11.8. The van der Waals surface area contributed by atoms with Gasteiger partial charge in [-0.2, -0.15) is 9.49 Å². The Labute approximate surface area is 225 Å². The highest BCUT2D eigenvalue weighted by atomic mass is 32.1. The molecule has 5 heterocycles. The number of aryl methyl sites for hydroxylation is 1. The van der Waals surface area contributed by atoms with E-state index in [0.717, 1.165) is 60.6 Å². The van der Waals surface area contributed by atoms with E-state index < -0.39 is 30.0 Å². The number of aromatic nitrogens is 3. The van der Waals surface area contributed by atoms with Crippen molar-refractivity contribution in [3.05, 3.63) is 63.2 Å². The van der Waals surface area contributed by atoms with Gasteiger partial charge >= 0.3 is 11.9 Å². The number of ether oxygens (including phenoxy) is 1. The molecule has 2 aliphatic heterocycles. The van der Waals surface area contributed by atoms with Crippen molar-refractivity contribution in [3.8, 4) is 5.82 Å². The average Bonchev–Trinajstić information content (AvgIpc) is 3.47. The summed E-state index contributed by atoms with van der Waals surface area (Å²) >= 11 is 1.24. The Kier molecular flexibility index (Phi) is 8.71.